The highest BCUT2D eigenvalue weighted by atomic mass is 127. The number of allylic oxidation sites excluding steroid dienone is 2. The van der Waals surface area contributed by atoms with Crippen molar-refractivity contribution in [2.45, 2.75) is 65.5 Å². The van der Waals surface area contributed by atoms with Gasteiger partial charge in [-0.15, -0.1) is 0 Å². The highest BCUT2D eigenvalue weighted by molar-refractivity contribution is 14.2. The number of rotatable bonds is 10. The Morgan fingerprint density at radius 3 is 2.39 bits per heavy atom. The van der Waals surface area contributed by atoms with Crippen LogP contribution in [0.5, 0.6) is 0 Å². The van der Waals surface area contributed by atoms with Crippen molar-refractivity contribution < 1.29 is 0 Å². The maximum absolute atomic E-state index is 4.26. The molecule has 1 aromatic carbocycles. The third-order valence-corrected chi connectivity index (χ3v) is 10.7. The number of hydrogen-bond acceptors (Lipinski definition) is 0. The second kappa shape index (κ2) is 10.7. The second-order valence-electron chi connectivity index (χ2n) is 6.73. The molecule has 0 aromatic heterocycles. The van der Waals surface area contributed by atoms with Crippen molar-refractivity contribution in [3.63, 3.8) is 0 Å². The molecule has 0 aliphatic carbocycles. The van der Waals surface area contributed by atoms with E-state index < -0.39 is 0 Å². The Morgan fingerprint density at radius 2 is 1.83 bits per heavy atom. The third-order valence-electron chi connectivity index (χ3n) is 4.46. The van der Waals surface area contributed by atoms with Crippen LogP contribution in [0.25, 0.3) is 5.57 Å². The van der Waals surface area contributed by atoms with Gasteiger partial charge in [0.25, 0.3) is 0 Å². The van der Waals surface area contributed by atoms with Crippen LogP contribution in [0, 0.1) is 5.92 Å². The van der Waals surface area contributed by atoms with E-state index in [-0.39, 0.29) is 5.56 Å². The lowest BCUT2D eigenvalue weighted by Gasteiger charge is -2.26. The molecule has 128 valence electrons. The first-order valence-electron chi connectivity index (χ1n) is 8.73. The molecule has 3 atom stereocenters. The van der Waals surface area contributed by atoms with Crippen molar-refractivity contribution in [1.82, 2.24) is 0 Å². The number of hydrogen-bond donors (Lipinski definition) is 0. The summed E-state index contributed by atoms with van der Waals surface area (Å²) in [5.41, 5.74) is 4.39. The fourth-order valence-corrected chi connectivity index (χ4v) is 6.55. The Bertz CT molecular complexity index is 520. The van der Waals surface area contributed by atoms with E-state index in [2.05, 4.69) is 87.2 Å². The van der Waals surface area contributed by atoms with E-state index in [1.54, 1.807) is 0 Å². The van der Waals surface area contributed by atoms with Crippen LogP contribution in [-0.2, 0) is 0 Å². The first-order valence-corrected chi connectivity index (χ1v) is 12.9. The van der Waals surface area contributed by atoms with E-state index in [0.717, 1.165) is 0 Å². The van der Waals surface area contributed by atoms with Gasteiger partial charge in [0.05, 0.1) is 0 Å². The average molecular weight is 442 g/mol. The Hall–Kier alpha value is -0.140. The predicted octanol–water partition coefficient (Wildman–Crippen LogP) is 7.73. The van der Waals surface area contributed by atoms with Gasteiger partial charge in [0.2, 0.25) is 0 Å². The topological polar surface area (TPSA) is 0 Å². The lowest BCUT2D eigenvalue weighted by Crippen LogP contribution is -2.15. The van der Waals surface area contributed by atoms with E-state index in [0.29, 0.717) is 11.6 Å². The van der Waals surface area contributed by atoms with Crippen LogP contribution in [0.15, 0.2) is 43.0 Å². The van der Waals surface area contributed by atoms with Gasteiger partial charge in [0.15, 0.2) is 0 Å². The smallest absolute Gasteiger partial charge is 0.00600 e. The molecule has 0 saturated heterocycles. The van der Waals surface area contributed by atoms with Crippen LogP contribution in [0.4, 0.5) is 0 Å². The van der Waals surface area contributed by atoms with Gasteiger partial charge in [-0.25, -0.2) is 0 Å². The van der Waals surface area contributed by atoms with Gasteiger partial charge < -0.3 is 0 Å². The van der Waals surface area contributed by atoms with Crippen LogP contribution in [0.1, 0.15) is 65.4 Å². The molecule has 23 heavy (non-hydrogen) atoms. The zero-order valence-corrected chi connectivity index (χ0v) is 18.3. The van der Waals surface area contributed by atoms with Gasteiger partial charge in [-0.2, -0.15) is 0 Å². The number of unbranched alkanes of at least 4 members (excludes halogenated alkanes) is 2. The Labute approximate surface area is 158 Å². The van der Waals surface area contributed by atoms with Crippen molar-refractivity contribution in [1.29, 1.82) is 0 Å². The molecule has 0 aliphatic rings. The Balaban J connectivity index is 2.80. The molecule has 2 heteroatoms. The lowest BCUT2D eigenvalue weighted by molar-refractivity contribution is 0.485. The molecule has 0 nitrogen and oxygen atoms in total. The first kappa shape index (κ1) is 20.9. The molecule has 0 amide bonds. The van der Waals surface area contributed by atoms with Gasteiger partial charge in [0.1, 0.15) is 0 Å². The maximum Gasteiger partial charge on any atom is -0.00600 e. The Morgan fingerprint density at radius 1 is 1.17 bits per heavy atom. The van der Waals surface area contributed by atoms with Gasteiger partial charge in [0, 0.05) is 0 Å². The third kappa shape index (κ3) is 6.70. The predicted molar refractivity (Wildman–Crippen MR) is 118 cm³/mol. The average Bonchev–Trinajstić information content (AvgIpc) is 2.52. The van der Waals surface area contributed by atoms with Crippen molar-refractivity contribution in [2.24, 2.45) is 5.92 Å². The quantitative estimate of drug-likeness (QED) is 0.151. The first-order chi connectivity index (χ1) is 10.9. The molecule has 2 unspecified atom stereocenters. The monoisotopic (exact) mass is 442 g/mol. The zero-order valence-electron chi connectivity index (χ0n) is 15.2. The van der Waals surface area contributed by atoms with Crippen LogP contribution in [0.3, 0.4) is 0 Å². The standard InChI is InChI=1S/C21H32IP/c1-7-8-9-12-19(16(2)3)15-18(6)23(22)21-14-11-10-13-20(21)17(4)5/h10-11,13-14,18-19H,2,4,7-9,12,15H2,1,3,5-6H3/t18?,19?,23-/m1/s1. The van der Waals surface area contributed by atoms with Gasteiger partial charge >= 0.3 is 0 Å². The summed E-state index contributed by atoms with van der Waals surface area (Å²) in [6.45, 7) is 17.4. The van der Waals surface area contributed by atoms with E-state index >= 15 is 0 Å². The van der Waals surface area contributed by atoms with Crippen LogP contribution >= 0.6 is 27.6 Å². The van der Waals surface area contributed by atoms with Gasteiger partial charge in [-0.3, -0.25) is 0 Å². The minimum atomic E-state index is -0.198. The molecule has 0 heterocycles. The maximum atomic E-state index is 4.26. The summed E-state index contributed by atoms with van der Waals surface area (Å²) in [5, 5.41) is 1.50. The molecule has 0 saturated carbocycles. The van der Waals surface area contributed by atoms with Crippen LogP contribution in [0.2, 0.25) is 0 Å². The highest BCUT2D eigenvalue weighted by Gasteiger charge is 2.22. The lowest BCUT2D eigenvalue weighted by atomic mass is 9.91. The van der Waals surface area contributed by atoms with E-state index in [4.69, 9.17) is 0 Å². The molecule has 1 rings (SSSR count). The van der Waals surface area contributed by atoms with Crippen molar-refractivity contribution in [2.75, 3.05) is 0 Å². The molecule has 0 bridgehead atoms. The molecule has 0 aliphatic heterocycles. The van der Waals surface area contributed by atoms with E-state index in [1.807, 2.05) is 0 Å². The Kier molecular flexibility index (Phi) is 9.70. The molecular weight excluding hydrogens is 410 g/mol. The molecular formula is C21H32IP. The van der Waals surface area contributed by atoms with Crippen molar-refractivity contribution in [3.05, 3.63) is 48.6 Å². The van der Waals surface area contributed by atoms with Crippen molar-refractivity contribution >= 4 is 38.5 Å². The summed E-state index contributed by atoms with van der Waals surface area (Å²) in [6, 6.07) is 8.81. The second-order valence-corrected chi connectivity index (χ2v) is 11.8. The summed E-state index contributed by atoms with van der Waals surface area (Å²) in [6.07, 6.45) is 6.54. The molecule has 0 N–H and O–H groups in total. The summed E-state index contributed by atoms with van der Waals surface area (Å²) in [4.78, 5) is 0. The van der Waals surface area contributed by atoms with Gasteiger partial charge in [-0.1, -0.05) is 81.7 Å². The van der Waals surface area contributed by atoms with E-state index in [9.17, 15) is 0 Å². The number of halogens is 1. The summed E-state index contributed by atoms with van der Waals surface area (Å²) < 4.78 is 0. The molecule has 1 aromatic rings. The van der Waals surface area contributed by atoms with Gasteiger partial charge in [-0.05, 0) is 76.7 Å². The highest BCUT2D eigenvalue weighted by Crippen LogP contribution is 2.52. The number of benzene rings is 1. The normalized spacial score (nSPS) is 15.0. The zero-order chi connectivity index (χ0) is 17.4. The SMILES string of the molecule is C=C(C)c1ccccc1[P@](I)C(C)CC(CCCCC)C(=C)C. The fourth-order valence-electron chi connectivity index (χ4n) is 2.97. The van der Waals surface area contributed by atoms with Crippen molar-refractivity contribution in [3.8, 4) is 0 Å². The molecule has 0 spiro atoms. The summed E-state index contributed by atoms with van der Waals surface area (Å²) in [7, 11) is 0. The van der Waals surface area contributed by atoms with Crippen LogP contribution < -0.4 is 5.30 Å². The summed E-state index contributed by atoms with van der Waals surface area (Å²) in [5.74, 6) is 0.674. The largest absolute Gasteiger partial charge is 0.0999 e. The van der Waals surface area contributed by atoms with E-state index in [1.165, 1.54) is 54.1 Å². The molecule has 0 radical (unpaired) electrons. The fraction of sp³-hybridized carbons (Fsp3) is 0.524. The van der Waals surface area contributed by atoms with Crippen LogP contribution in [-0.4, -0.2) is 5.66 Å². The minimum absolute atomic E-state index is 0.198. The minimum Gasteiger partial charge on any atom is -0.0999 e. The summed E-state index contributed by atoms with van der Waals surface area (Å²) >= 11 is 2.69. The molecule has 0 fully saturated rings.